The number of amides is 1. The second-order valence-corrected chi connectivity index (χ2v) is 6.08. The van der Waals surface area contributed by atoms with E-state index in [-0.39, 0.29) is 18.6 Å². The summed E-state index contributed by atoms with van der Waals surface area (Å²) in [5.41, 5.74) is 2.16. The first kappa shape index (κ1) is 16.4. The number of nitrogens with zero attached hydrogens (tertiary/aromatic N) is 1. The summed E-state index contributed by atoms with van der Waals surface area (Å²) < 4.78 is 11.0. The number of hydrogen-bond acceptors (Lipinski definition) is 3. The number of carbonyl (C=O) groups excluding carboxylic acids is 1. The van der Waals surface area contributed by atoms with Crippen LogP contribution in [0.25, 0.3) is 0 Å². The molecule has 24 heavy (non-hydrogen) atoms. The van der Waals surface area contributed by atoms with Crippen LogP contribution in [0.2, 0.25) is 0 Å². The molecule has 2 aromatic carbocycles. The van der Waals surface area contributed by atoms with Crippen molar-refractivity contribution in [3.05, 3.63) is 59.7 Å². The van der Waals surface area contributed by atoms with Gasteiger partial charge in [0.05, 0.1) is 13.2 Å². The molecular weight excluding hydrogens is 302 g/mol. The average Bonchev–Trinajstić information content (AvgIpc) is 3.11. The van der Waals surface area contributed by atoms with E-state index in [2.05, 4.69) is 6.07 Å². The SMILES string of the molecule is COc1cccc(C2CCCN2C(=O)COc2ccccc2C)c1. The predicted octanol–water partition coefficient (Wildman–Crippen LogP) is 3.75. The molecule has 0 saturated carbocycles. The van der Waals surface area contributed by atoms with Gasteiger partial charge in [0, 0.05) is 6.54 Å². The first-order valence-electron chi connectivity index (χ1n) is 8.31. The van der Waals surface area contributed by atoms with Crippen molar-refractivity contribution in [1.29, 1.82) is 0 Å². The van der Waals surface area contributed by atoms with Gasteiger partial charge in [-0.15, -0.1) is 0 Å². The molecule has 1 atom stereocenters. The molecule has 1 unspecified atom stereocenters. The molecule has 0 spiro atoms. The van der Waals surface area contributed by atoms with Crippen LogP contribution in [-0.2, 0) is 4.79 Å². The van der Waals surface area contributed by atoms with Crippen molar-refractivity contribution < 1.29 is 14.3 Å². The highest BCUT2D eigenvalue weighted by Gasteiger charge is 2.30. The Kier molecular flexibility index (Phi) is 5.04. The first-order chi connectivity index (χ1) is 11.7. The molecule has 1 aliphatic heterocycles. The first-order valence-corrected chi connectivity index (χ1v) is 8.31. The van der Waals surface area contributed by atoms with Crippen LogP contribution in [0.15, 0.2) is 48.5 Å². The zero-order valence-corrected chi connectivity index (χ0v) is 14.2. The topological polar surface area (TPSA) is 38.8 Å². The van der Waals surface area contributed by atoms with Gasteiger partial charge in [-0.25, -0.2) is 0 Å². The van der Waals surface area contributed by atoms with E-state index in [1.165, 1.54) is 0 Å². The summed E-state index contributed by atoms with van der Waals surface area (Å²) in [5.74, 6) is 1.62. The lowest BCUT2D eigenvalue weighted by Crippen LogP contribution is -2.34. The van der Waals surface area contributed by atoms with E-state index in [0.29, 0.717) is 0 Å². The van der Waals surface area contributed by atoms with Gasteiger partial charge in [0.1, 0.15) is 11.5 Å². The predicted molar refractivity (Wildman–Crippen MR) is 93.4 cm³/mol. The lowest BCUT2D eigenvalue weighted by molar-refractivity contribution is -0.134. The molecule has 0 bridgehead atoms. The number of methoxy groups -OCH3 is 1. The molecular formula is C20H23NO3. The summed E-state index contributed by atoms with van der Waals surface area (Å²) in [6.45, 7) is 2.83. The van der Waals surface area contributed by atoms with Gasteiger partial charge in [-0.3, -0.25) is 4.79 Å². The minimum absolute atomic E-state index is 0.0311. The normalized spacial score (nSPS) is 16.9. The molecule has 1 saturated heterocycles. The number of carbonyl (C=O) groups is 1. The second kappa shape index (κ2) is 7.39. The minimum Gasteiger partial charge on any atom is -0.497 e. The van der Waals surface area contributed by atoms with Crippen LogP contribution in [0, 0.1) is 6.92 Å². The van der Waals surface area contributed by atoms with Crippen molar-refractivity contribution in [2.75, 3.05) is 20.3 Å². The maximum Gasteiger partial charge on any atom is 0.261 e. The van der Waals surface area contributed by atoms with Gasteiger partial charge in [-0.2, -0.15) is 0 Å². The zero-order valence-electron chi connectivity index (χ0n) is 14.2. The number of hydrogen-bond donors (Lipinski definition) is 0. The highest BCUT2D eigenvalue weighted by atomic mass is 16.5. The maximum absolute atomic E-state index is 12.6. The molecule has 0 aliphatic carbocycles. The van der Waals surface area contributed by atoms with Crippen molar-refractivity contribution in [2.24, 2.45) is 0 Å². The molecule has 4 heteroatoms. The Morgan fingerprint density at radius 3 is 2.83 bits per heavy atom. The molecule has 0 aromatic heterocycles. The number of benzene rings is 2. The van der Waals surface area contributed by atoms with Crippen LogP contribution in [0.4, 0.5) is 0 Å². The van der Waals surface area contributed by atoms with Crippen molar-refractivity contribution >= 4 is 5.91 Å². The van der Waals surface area contributed by atoms with Gasteiger partial charge in [-0.05, 0) is 49.1 Å². The quantitative estimate of drug-likeness (QED) is 0.840. The van der Waals surface area contributed by atoms with Gasteiger partial charge in [0.15, 0.2) is 6.61 Å². The molecule has 1 fully saturated rings. The van der Waals surface area contributed by atoms with Gasteiger partial charge < -0.3 is 14.4 Å². The van der Waals surface area contributed by atoms with E-state index in [4.69, 9.17) is 9.47 Å². The second-order valence-electron chi connectivity index (χ2n) is 6.08. The Hall–Kier alpha value is -2.49. The number of likely N-dealkylation sites (tertiary alicyclic amines) is 1. The molecule has 0 N–H and O–H groups in total. The van der Waals surface area contributed by atoms with Crippen molar-refractivity contribution in [3.63, 3.8) is 0 Å². The highest BCUT2D eigenvalue weighted by Crippen LogP contribution is 2.33. The van der Waals surface area contributed by atoms with E-state index in [0.717, 1.165) is 42.0 Å². The molecule has 4 nitrogen and oxygen atoms in total. The minimum atomic E-state index is 0.0311. The highest BCUT2D eigenvalue weighted by molar-refractivity contribution is 5.78. The monoisotopic (exact) mass is 325 g/mol. The molecule has 3 rings (SSSR count). The third-order valence-corrected chi connectivity index (χ3v) is 4.50. The Bertz CT molecular complexity index is 714. The van der Waals surface area contributed by atoms with Crippen molar-refractivity contribution in [1.82, 2.24) is 4.90 Å². The van der Waals surface area contributed by atoms with E-state index >= 15 is 0 Å². The van der Waals surface area contributed by atoms with Crippen molar-refractivity contribution in [2.45, 2.75) is 25.8 Å². The fourth-order valence-corrected chi connectivity index (χ4v) is 3.20. The Morgan fingerprint density at radius 1 is 1.21 bits per heavy atom. The number of ether oxygens (including phenoxy) is 2. The summed E-state index contributed by atoms with van der Waals surface area (Å²) >= 11 is 0. The van der Waals surface area contributed by atoms with Crippen LogP contribution in [-0.4, -0.2) is 31.1 Å². The molecule has 2 aromatic rings. The summed E-state index contributed by atoms with van der Waals surface area (Å²) in [6.07, 6.45) is 1.99. The number of para-hydroxylation sites is 1. The van der Waals surface area contributed by atoms with E-state index in [9.17, 15) is 4.79 Å². The van der Waals surface area contributed by atoms with E-state index in [1.54, 1.807) is 7.11 Å². The third kappa shape index (κ3) is 3.53. The lowest BCUT2D eigenvalue weighted by Gasteiger charge is -2.25. The molecule has 1 amide bonds. The fraction of sp³-hybridized carbons (Fsp3) is 0.350. The van der Waals surface area contributed by atoms with E-state index < -0.39 is 0 Å². The molecule has 126 valence electrons. The van der Waals surface area contributed by atoms with Crippen LogP contribution in [0.1, 0.15) is 30.0 Å². The number of aryl methyl sites for hydroxylation is 1. The zero-order chi connectivity index (χ0) is 16.9. The maximum atomic E-state index is 12.6. The van der Waals surface area contributed by atoms with Crippen LogP contribution in [0.5, 0.6) is 11.5 Å². The van der Waals surface area contributed by atoms with Crippen LogP contribution < -0.4 is 9.47 Å². The Labute approximate surface area is 143 Å². The van der Waals surface area contributed by atoms with Crippen LogP contribution >= 0.6 is 0 Å². The average molecular weight is 325 g/mol. The Balaban J connectivity index is 1.68. The lowest BCUT2D eigenvalue weighted by atomic mass is 10.0. The molecule has 1 heterocycles. The summed E-state index contributed by atoms with van der Waals surface area (Å²) in [6, 6.07) is 15.8. The summed E-state index contributed by atoms with van der Waals surface area (Å²) in [5, 5.41) is 0. The van der Waals surface area contributed by atoms with Crippen molar-refractivity contribution in [3.8, 4) is 11.5 Å². The fourth-order valence-electron chi connectivity index (χ4n) is 3.20. The van der Waals surface area contributed by atoms with Gasteiger partial charge in [0.25, 0.3) is 5.91 Å². The Morgan fingerprint density at radius 2 is 2.04 bits per heavy atom. The smallest absolute Gasteiger partial charge is 0.261 e. The molecule has 1 aliphatic rings. The standard InChI is InChI=1S/C20H23NO3/c1-15-7-3-4-11-19(15)24-14-20(22)21-12-6-10-18(21)16-8-5-9-17(13-16)23-2/h3-5,7-9,11,13,18H,6,10,12,14H2,1-2H3. The largest absolute Gasteiger partial charge is 0.497 e. The van der Waals surface area contributed by atoms with Gasteiger partial charge in [0.2, 0.25) is 0 Å². The summed E-state index contributed by atoms with van der Waals surface area (Å²) in [7, 11) is 1.66. The summed E-state index contributed by atoms with van der Waals surface area (Å²) in [4.78, 5) is 14.6. The third-order valence-electron chi connectivity index (χ3n) is 4.50. The van der Waals surface area contributed by atoms with Gasteiger partial charge >= 0.3 is 0 Å². The molecule has 0 radical (unpaired) electrons. The van der Waals surface area contributed by atoms with Gasteiger partial charge in [-0.1, -0.05) is 30.3 Å². The van der Waals surface area contributed by atoms with Crippen LogP contribution in [0.3, 0.4) is 0 Å². The van der Waals surface area contributed by atoms with E-state index in [1.807, 2.05) is 54.3 Å². The number of rotatable bonds is 5.